The van der Waals surface area contributed by atoms with E-state index in [1.54, 1.807) is 7.11 Å². The summed E-state index contributed by atoms with van der Waals surface area (Å²) in [5, 5.41) is 3.48. The molecule has 4 heteroatoms. The number of hydrogen-bond acceptors (Lipinski definition) is 3. The van der Waals surface area contributed by atoms with Gasteiger partial charge in [0.1, 0.15) is 0 Å². The number of ether oxygens (including phenoxy) is 2. The number of halogens is 1. The molecule has 0 aromatic heterocycles. The van der Waals surface area contributed by atoms with Gasteiger partial charge >= 0.3 is 0 Å². The summed E-state index contributed by atoms with van der Waals surface area (Å²) < 4.78 is 12.0. The van der Waals surface area contributed by atoms with Crippen molar-refractivity contribution in [2.45, 2.75) is 32.4 Å². The molecule has 0 aliphatic rings. The van der Waals surface area contributed by atoms with Crippen LogP contribution in [0.4, 0.5) is 0 Å². The minimum Gasteiger partial charge on any atom is -0.382 e. The lowest BCUT2D eigenvalue weighted by atomic mass is 10.1. The van der Waals surface area contributed by atoms with E-state index in [9.17, 15) is 0 Å². The average Bonchev–Trinajstić information content (AvgIpc) is 2.34. The Morgan fingerprint density at radius 3 is 2.32 bits per heavy atom. The van der Waals surface area contributed by atoms with Gasteiger partial charge in [0.25, 0.3) is 0 Å². The van der Waals surface area contributed by atoms with Crippen LogP contribution < -0.4 is 5.32 Å². The largest absolute Gasteiger partial charge is 0.382 e. The summed E-state index contributed by atoms with van der Waals surface area (Å²) in [5.41, 5.74) is 1.26. The van der Waals surface area contributed by atoms with Crippen molar-refractivity contribution in [1.82, 2.24) is 5.32 Å². The zero-order chi connectivity index (χ0) is 14.3. The van der Waals surface area contributed by atoms with Crippen molar-refractivity contribution in [1.29, 1.82) is 0 Å². The summed E-state index contributed by atoms with van der Waals surface area (Å²) in [5.74, 6) is 0. The van der Waals surface area contributed by atoms with Gasteiger partial charge in [-0.1, -0.05) is 28.1 Å². The molecule has 0 heterocycles. The summed E-state index contributed by atoms with van der Waals surface area (Å²) in [7, 11) is 1.69. The van der Waals surface area contributed by atoms with Crippen LogP contribution in [0.1, 0.15) is 32.4 Å². The molecule has 0 aliphatic heterocycles. The number of benzene rings is 1. The molecule has 3 nitrogen and oxygen atoms in total. The van der Waals surface area contributed by atoms with Crippen molar-refractivity contribution in [3.8, 4) is 0 Å². The Kier molecular flexibility index (Phi) is 7.00. The van der Waals surface area contributed by atoms with Gasteiger partial charge in [0, 0.05) is 23.7 Å². The number of rotatable bonds is 7. The van der Waals surface area contributed by atoms with E-state index in [0.29, 0.717) is 13.2 Å². The molecule has 108 valence electrons. The van der Waals surface area contributed by atoms with Crippen molar-refractivity contribution < 1.29 is 9.47 Å². The molecule has 1 N–H and O–H groups in total. The fraction of sp³-hybridized carbons (Fsp3) is 0.600. The zero-order valence-electron chi connectivity index (χ0n) is 12.2. The highest BCUT2D eigenvalue weighted by Gasteiger charge is 2.16. The van der Waals surface area contributed by atoms with Gasteiger partial charge in [0.15, 0.2) is 0 Å². The van der Waals surface area contributed by atoms with E-state index >= 15 is 0 Å². The van der Waals surface area contributed by atoms with Crippen LogP contribution in [0.2, 0.25) is 0 Å². The lowest BCUT2D eigenvalue weighted by molar-refractivity contribution is 0.0139. The predicted octanol–water partition coefficient (Wildman–Crippen LogP) is 3.54. The summed E-state index contributed by atoms with van der Waals surface area (Å²) in [6, 6.07) is 8.26. The lowest BCUT2D eigenvalue weighted by Gasteiger charge is -2.26. The van der Waals surface area contributed by atoms with E-state index < -0.39 is 0 Å². The van der Waals surface area contributed by atoms with Crippen LogP contribution in [0.15, 0.2) is 28.7 Å². The van der Waals surface area contributed by atoms with E-state index in [0.717, 1.165) is 11.0 Å². The van der Waals surface area contributed by atoms with Crippen LogP contribution in [0.25, 0.3) is 0 Å². The normalized spacial score (nSPS) is 13.5. The van der Waals surface area contributed by atoms with Crippen LogP contribution in [0.5, 0.6) is 0 Å². The van der Waals surface area contributed by atoms with Crippen LogP contribution in [-0.2, 0) is 9.47 Å². The summed E-state index contributed by atoms with van der Waals surface area (Å²) in [6.07, 6.45) is 0.0440. The Balaban J connectivity index is 2.65. The van der Waals surface area contributed by atoms with Gasteiger partial charge in [-0.25, -0.2) is 0 Å². The first-order valence-corrected chi connectivity index (χ1v) is 7.33. The summed E-state index contributed by atoms with van der Waals surface area (Å²) in [6.45, 7) is 8.46. The summed E-state index contributed by atoms with van der Waals surface area (Å²) >= 11 is 3.45. The van der Waals surface area contributed by atoms with E-state index in [2.05, 4.69) is 54.2 Å². The smallest absolute Gasteiger partial charge is 0.0950 e. The van der Waals surface area contributed by atoms with Gasteiger partial charge in [-0.15, -0.1) is 0 Å². The highest BCUT2D eigenvalue weighted by molar-refractivity contribution is 9.10. The molecule has 0 radical (unpaired) electrons. The Morgan fingerprint density at radius 2 is 1.79 bits per heavy atom. The van der Waals surface area contributed by atoms with Crippen LogP contribution in [0, 0.1) is 0 Å². The van der Waals surface area contributed by atoms with Gasteiger partial charge in [-0.05, 0) is 38.5 Å². The highest BCUT2D eigenvalue weighted by Crippen LogP contribution is 2.20. The van der Waals surface area contributed by atoms with E-state index in [4.69, 9.17) is 9.47 Å². The van der Waals surface area contributed by atoms with Crippen LogP contribution in [0.3, 0.4) is 0 Å². The molecule has 0 saturated heterocycles. The van der Waals surface area contributed by atoms with E-state index in [1.807, 2.05) is 12.1 Å². The molecule has 0 bridgehead atoms. The van der Waals surface area contributed by atoms with Gasteiger partial charge in [-0.2, -0.15) is 0 Å². The van der Waals surface area contributed by atoms with E-state index in [-0.39, 0.29) is 11.6 Å². The molecule has 0 saturated carbocycles. The highest BCUT2D eigenvalue weighted by atomic mass is 79.9. The number of methoxy groups -OCH3 is 1. The van der Waals surface area contributed by atoms with Gasteiger partial charge in [0.2, 0.25) is 0 Å². The third-order valence-corrected chi connectivity index (χ3v) is 3.19. The third-order valence-electron chi connectivity index (χ3n) is 2.67. The zero-order valence-corrected chi connectivity index (χ0v) is 13.8. The van der Waals surface area contributed by atoms with Crippen LogP contribution >= 0.6 is 15.9 Å². The second kappa shape index (κ2) is 8.00. The SMILES string of the molecule is COCCOC(CNC(C)(C)C)c1ccc(Br)cc1. The van der Waals surface area contributed by atoms with E-state index in [1.165, 1.54) is 5.56 Å². The van der Waals surface area contributed by atoms with Crippen molar-refractivity contribution in [2.24, 2.45) is 0 Å². The first-order valence-electron chi connectivity index (χ1n) is 6.53. The average molecular weight is 330 g/mol. The number of nitrogens with one attached hydrogen (secondary N) is 1. The fourth-order valence-corrected chi connectivity index (χ4v) is 1.89. The first-order chi connectivity index (χ1) is 8.92. The van der Waals surface area contributed by atoms with Gasteiger partial charge in [0.05, 0.1) is 19.3 Å². The Hall–Kier alpha value is -0.420. The second-order valence-corrected chi connectivity index (χ2v) is 6.45. The topological polar surface area (TPSA) is 30.5 Å². The minimum absolute atomic E-state index is 0.0440. The molecular formula is C15H24BrNO2. The summed E-state index contributed by atoms with van der Waals surface area (Å²) in [4.78, 5) is 0. The van der Waals surface area contributed by atoms with Crippen molar-refractivity contribution in [3.63, 3.8) is 0 Å². The molecule has 0 amide bonds. The standard InChI is InChI=1S/C15H24BrNO2/c1-15(2,3)17-11-14(19-10-9-18-4)12-5-7-13(16)8-6-12/h5-8,14,17H,9-11H2,1-4H3. The molecule has 19 heavy (non-hydrogen) atoms. The molecule has 1 aromatic carbocycles. The van der Waals surface area contributed by atoms with Crippen molar-refractivity contribution in [2.75, 3.05) is 26.9 Å². The Bertz CT molecular complexity index is 359. The molecule has 0 spiro atoms. The predicted molar refractivity (Wildman–Crippen MR) is 82.5 cm³/mol. The molecule has 1 atom stereocenters. The van der Waals surface area contributed by atoms with Crippen LogP contribution in [-0.4, -0.2) is 32.4 Å². The molecule has 1 rings (SSSR count). The fourth-order valence-electron chi connectivity index (χ4n) is 1.62. The minimum atomic E-state index is 0.0440. The monoisotopic (exact) mass is 329 g/mol. The third kappa shape index (κ3) is 7.06. The first kappa shape index (κ1) is 16.6. The molecule has 0 fully saturated rings. The maximum Gasteiger partial charge on any atom is 0.0950 e. The maximum atomic E-state index is 5.90. The van der Waals surface area contributed by atoms with Gasteiger partial charge < -0.3 is 14.8 Å². The molecular weight excluding hydrogens is 306 g/mol. The molecule has 1 aromatic rings. The Labute approximate surface area is 124 Å². The Morgan fingerprint density at radius 1 is 1.16 bits per heavy atom. The second-order valence-electron chi connectivity index (χ2n) is 5.53. The molecule has 1 unspecified atom stereocenters. The maximum absolute atomic E-state index is 5.90. The number of hydrogen-bond donors (Lipinski definition) is 1. The van der Waals surface area contributed by atoms with Gasteiger partial charge in [-0.3, -0.25) is 0 Å². The van der Waals surface area contributed by atoms with Crippen molar-refractivity contribution in [3.05, 3.63) is 34.3 Å². The van der Waals surface area contributed by atoms with Crippen molar-refractivity contribution >= 4 is 15.9 Å². The lowest BCUT2D eigenvalue weighted by Crippen LogP contribution is -2.39. The quantitative estimate of drug-likeness (QED) is 0.776. The molecule has 0 aliphatic carbocycles.